The Morgan fingerprint density at radius 2 is 1.73 bits per heavy atom. The summed E-state index contributed by atoms with van der Waals surface area (Å²) in [6.45, 7) is 1.87. The lowest BCUT2D eigenvalue weighted by Gasteiger charge is -2.11. The van der Waals surface area contributed by atoms with Crippen molar-refractivity contribution >= 4 is 17.9 Å². The highest BCUT2D eigenvalue weighted by Crippen LogP contribution is 2.32. The largest absolute Gasteiger partial charge is 0.417 e. The summed E-state index contributed by atoms with van der Waals surface area (Å²) in [6, 6.07) is 9.60. The fourth-order valence-electron chi connectivity index (χ4n) is 1.90. The highest BCUT2D eigenvalue weighted by molar-refractivity contribution is 6.04. The van der Waals surface area contributed by atoms with Crippen LogP contribution in [-0.2, 0) is 6.18 Å². The Kier molecular flexibility index (Phi) is 4.30. The second-order valence-electron chi connectivity index (χ2n) is 4.74. The van der Waals surface area contributed by atoms with E-state index in [9.17, 15) is 22.8 Å². The molecule has 0 aromatic heterocycles. The van der Waals surface area contributed by atoms with Gasteiger partial charge in [-0.05, 0) is 37.3 Å². The van der Waals surface area contributed by atoms with Crippen molar-refractivity contribution < 1.29 is 22.8 Å². The molecule has 0 saturated carbocycles. The average molecular weight is 307 g/mol. The number of halogens is 3. The Bertz CT molecular complexity index is 706. The van der Waals surface area contributed by atoms with Crippen LogP contribution in [0.4, 0.5) is 18.9 Å². The number of anilines is 1. The van der Waals surface area contributed by atoms with E-state index < -0.39 is 23.2 Å². The van der Waals surface area contributed by atoms with Crippen molar-refractivity contribution in [3.63, 3.8) is 0 Å². The van der Waals surface area contributed by atoms with Crippen LogP contribution in [0.5, 0.6) is 0 Å². The molecule has 22 heavy (non-hydrogen) atoms. The first kappa shape index (κ1) is 15.8. The fraction of sp³-hybridized carbons (Fsp3) is 0.125. The minimum Gasteiger partial charge on any atom is -0.322 e. The lowest BCUT2D eigenvalue weighted by atomic mass is 10.1. The van der Waals surface area contributed by atoms with Gasteiger partial charge >= 0.3 is 6.18 Å². The quantitative estimate of drug-likeness (QED) is 0.869. The van der Waals surface area contributed by atoms with Gasteiger partial charge < -0.3 is 5.32 Å². The second-order valence-corrected chi connectivity index (χ2v) is 4.74. The summed E-state index contributed by atoms with van der Waals surface area (Å²) in [5.41, 5.74) is -0.0711. The van der Waals surface area contributed by atoms with Gasteiger partial charge in [0.05, 0.1) is 5.56 Å². The van der Waals surface area contributed by atoms with Crippen molar-refractivity contribution in [2.24, 2.45) is 0 Å². The predicted molar refractivity (Wildman–Crippen MR) is 76.0 cm³/mol. The molecular formula is C16H12F3NO2. The maximum Gasteiger partial charge on any atom is 0.417 e. The molecular weight excluding hydrogens is 295 g/mol. The van der Waals surface area contributed by atoms with Gasteiger partial charge in [-0.1, -0.05) is 17.7 Å². The lowest BCUT2D eigenvalue weighted by Crippen LogP contribution is -2.14. The molecule has 114 valence electrons. The van der Waals surface area contributed by atoms with E-state index in [1.54, 1.807) is 24.3 Å². The Hall–Kier alpha value is -2.63. The third kappa shape index (κ3) is 3.52. The number of aryl methyl sites for hydroxylation is 1. The van der Waals surface area contributed by atoms with Gasteiger partial charge in [0.25, 0.3) is 5.91 Å². The molecule has 2 aromatic rings. The SMILES string of the molecule is Cc1ccc(C(=O)Nc2ccc(C(F)(F)F)c(C=O)c2)cc1. The van der Waals surface area contributed by atoms with Crippen molar-refractivity contribution in [3.05, 3.63) is 64.7 Å². The highest BCUT2D eigenvalue weighted by atomic mass is 19.4. The van der Waals surface area contributed by atoms with Crippen LogP contribution in [0.3, 0.4) is 0 Å². The predicted octanol–water partition coefficient (Wildman–Crippen LogP) is 4.08. The van der Waals surface area contributed by atoms with Crippen molar-refractivity contribution in [1.82, 2.24) is 0 Å². The molecule has 2 rings (SSSR count). The molecule has 2 aromatic carbocycles. The number of hydrogen-bond donors (Lipinski definition) is 1. The normalized spacial score (nSPS) is 11.1. The van der Waals surface area contributed by atoms with Crippen LogP contribution in [0, 0.1) is 6.92 Å². The van der Waals surface area contributed by atoms with Crippen LogP contribution in [0.25, 0.3) is 0 Å². The number of nitrogens with one attached hydrogen (secondary N) is 1. The van der Waals surface area contributed by atoms with Gasteiger partial charge in [-0.2, -0.15) is 13.2 Å². The van der Waals surface area contributed by atoms with Gasteiger partial charge in [-0.15, -0.1) is 0 Å². The highest BCUT2D eigenvalue weighted by Gasteiger charge is 2.33. The van der Waals surface area contributed by atoms with Crippen LogP contribution in [0.2, 0.25) is 0 Å². The van der Waals surface area contributed by atoms with E-state index in [4.69, 9.17) is 0 Å². The maximum absolute atomic E-state index is 12.7. The molecule has 0 heterocycles. The van der Waals surface area contributed by atoms with E-state index in [0.717, 1.165) is 23.8 Å². The summed E-state index contributed by atoms with van der Waals surface area (Å²) in [4.78, 5) is 22.8. The Labute approximate surface area is 124 Å². The van der Waals surface area contributed by atoms with Crippen LogP contribution in [0.15, 0.2) is 42.5 Å². The van der Waals surface area contributed by atoms with Crippen molar-refractivity contribution in [1.29, 1.82) is 0 Å². The topological polar surface area (TPSA) is 46.2 Å². The van der Waals surface area contributed by atoms with Gasteiger partial charge in [0.15, 0.2) is 6.29 Å². The molecule has 0 aliphatic rings. The summed E-state index contributed by atoms with van der Waals surface area (Å²) in [5.74, 6) is -0.461. The zero-order chi connectivity index (χ0) is 16.3. The number of carbonyl (C=O) groups is 2. The van der Waals surface area contributed by atoms with Crippen LogP contribution in [-0.4, -0.2) is 12.2 Å². The summed E-state index contributed by atoms with van der Waals surface area (Å²) >= 11 is 0. The monoisotopic (exact) mass is 307 g/mol. The number of amides is 1. The number of rotatable bonds is 3. The third-order valence-electron chi connectivity index (χ3n) is 3.06. The second kappa shape index (κ2) is 6.01. The average Bonchev–Trinajstić information content (AvgIpc) is 2.46. The summed E-state index contributed by atoms with van der Waals surface area (Å²) in [5, 5.41) is 2.47. The molecule has 0 fully saturated rings. The molecule has 0 saturated heterocycles. The first-order chi connectivity index (χ1) is 10.3. The number of aldehydes is 1. The van der Waals surface area contributed by atoms with E-state index in [1.165, 1.54) is 0 Å². The zero-order valence-electron chi connectivity index (χ0n) is 11.6. The summed E-state index contributed by atoms with van der Waals surface area (Å²) in [7, 11) is 0. The molecule has 0 aliphatic carbocycles. The zero-order valence-corrected chi connectivity index (χ0v) is 11.6. The molecule has 0 atom stereocenters. The van der Waals surface area contributed by atoms with Crippen molar-refractivity contribution in [2.75, 3.05) is 5.32 Å². The van der Waals surface area contributed by atoms with Gasteiger partial charge in [-0.25, -0.2) is 0 Å². The van der Waals surface area contributed by atoms with Gasteiger partial charge in [0, 0.05) is 16.8 Å². The van der Waals surface area contributed by atoms with Gasteiger partial charge in [0.1, 0.15) is 0 Å². The molecule has 0 bridgehead atoms. The molecule has 3 nitrogen and oxygen atoms in total. The van der Waals surface area contributed by atoms with Crippen molar-refractivity contribution in [3.8, 4) is 0 Å². The van der Waals surface area contributed by atoms with Gasteiger partial charge in [0.2, 0.25) is 0 Å². The number of hydrogen-bond acceptors (Lipinski definition) is 2. The molecule has 0 aliphatic heterocycles. The van der Waals surface area contributed by atoms with E-state index in [0.29, 0.717) is 5.56 Å². The first-order valence-electron chi connectivity index (χ1n) is 6.35. The Balaban J connectivity index is 2.25. The standard InChI is InChI=1S/C16H12F3NO2/c1-10-2-4-11(5-3-10)15(22)20-13-6-7-14(16(17,18)19)12(8-13)9-21/h2-9H,1H3,(H,20,22). The smallest absolute Gasteiger partial charge is 0.322 e. The summed E-state index contributed by atoms with van der Waals surface area (Å²) in [6.07, 6.45) is -4.50. The molecule has 0 unspecified atom stereocenters. The lowest BCUT2D eigenvalue weighted by molar-refractivity contribution is -0.137. The Morgan fingerprint density at radius 3 is 2.27 bits per heavy atom. The molecule has 0 spiro atoms. The van der Waals surface area contributed by atoms with E-state index in [1.807, 2.05) is 6.92 Å². The third-order valence-corrected chi connectivity index (χ3v) is 3.06. The number of carbonyl (C=O) groups excluding carboxylic acids is 2. The fourth-order valence-corrected chi connectivity index (χ4v) is 1.90. The van der Waals surface area contributed by atoms with Crippen LogP contribution < -0.4 is 5.32 Å². The number of benzene rings is 2. The molecule has 6 heteroatoms. The number of alkyl halides is 3. The minimum atomic E-state index is -4.62. The summed E-state index contributed by atoms with van der Waals surface area (Å²) < 4.78 is 38.1. The van der Waals surface area contributed by atoms with Crippen LogP contribution >= 0.6 is 0 Å². The van der Waals surface area contributed by atoms with Crippen LogP contribution in [0.1, 0.15) is 31.8 Å². The van der Waals surface area contributed by atoms with E-state index in [-0.39, 0.29) is 12.0 Å². The minimum absolute atomic E-state index is 0.115. The molecule has 0 radical (unpaired) electrons. The maximum atomic E-state index is 12.7. The van der Waals surface area contributed by atoms with E-state index in [2.05, 4.69) is 5.32 Å². The van der Waals surface area contributed by atoms with E-state index >= 15 is 0 Å². The van der Waals surface area contributed by atoms with Gasteiger partial charge in [-0.3, -0.25) is 9.59 Å². The molecule has 1 amide bonds. The van der Waals surface area contributed by atoms with Crippen molar-refractivity contribution in [2.45, 2.75) is 13.1 Å². The first-order valence-corrected chi connectivity index (χ1v) is 6.35. The Morgan fingerprint density at radius 1 is 1.09 bits per heavy atom. The molecule has 1 N–H and O–H groups in total.